The summed E-state index contributed by atoms with van der Waals surface area (Å²) in [5.74, 6) is -0.126. The van der Waals surface area contributed by atoms with Gasteiger partial charge in [0.15, 0.2) is 0 Å². The van der Waals surface area contributed by atoms with E-state index >= 15 is 0 Å². The predicted octanol–water partition coefficient (Wildman–Crippen LogP) is 4.14. The average molecular weight is 282 g/mol. The van der Waals surface area contributed by atoms with Gasteiger partial charge in [-0.15, -0.1) is 11.8 Å². The number of para-hydroxylation sites is 1. The minimum Gasteiger partial charge on any atom is -0.351 e. The molecule has 0 unspecified atom stereocenters. The fourth-order valence-corrected chi connectivity index (χ4v) is 2.55. The molecular formula is C16H14N2OS. The van der Waals surface area contributed by atoms with Gasteiger partial charge in [-0.3, -0.25) is 4.79 Å². The lowest BCUT2D eigenvalue weighted by Gasteiger charge is -2.05. The SMILES string of the molecule is CSc1cccc(NC(=O)c2cc3ccccc3[nH]2)c1. The van der Waals surface area contributed by atoms with Gasteiger partial charge in [0.2, 0.25) is 0 Å². The van der Waals surface area contributed by atoms with Crippen LogP contribution in [0.15, 0.2) is 59.5 Å². The lowest BCUT2D eigenvalue weighted by atomic mass is 10.2. The van der Waals surface area contributed by atoms with Gasteiger partial charge in [0.05, 0.1) is 0 Å². The Labute approximate surface area is 121 Å². The van der Waals surface area contributed by atoms with E-state index < -0.39 is 0 Å². The summed E-state index contributed by atoms with van der Waals surface area (Å²) >= 11 is 1.65. The first-order valence-corrected chi connectivity index (χ1v) is 7.52. The molecule has 0 saturated carbocycles. The van der Waals surface area contributed by atoms with E-state index in [0.717, 1.165) is 21.5 Å². The highest BCUT2D eigenvalue weighted by atomic mass is 32.2. The van der Waals surface area contributed by atoms with E-state index in [4.69, 9.17) is 0 Å². The summed E-state index contributed by atoms with van der Waals surface area (Å²) < 4.78 is 0. The van der Waals surface area contributed by atoms with Gasteiger partial charge >= 0.3 is 0 Å². The number of aromatic amines is 1. The molecule has 0 aliphatic heterocycles. The molecule has 3 rings (SSSR count). The van der Waals surface area contributed by atoms with Crippen LogP contribution in [0, 0.1) is 0 Å². The molecule has 1 amide bonds. The molecule has 0 radical (unpaired) electrons. The van der Waals surface area contributed by atoms with Crippen LogP contribution in [-0.4, -0.2) is 17.1 Å². The van der Waals surface area contributed by atoms with Crippen molar-refractivity contribution in [3.63, 3.8) is 0 Å². The van der Waals surface area contributed by atoms with Gasteiger partial charge < -0.3 is 10.3 Å². The van der Waals surface area contributed by atoms with Gasteiger partial charge in [-0.1, -0.05) is 24.3 Å². The first-order chi connectivity index (χ1) is 9.76. The lowest BCUT2D eigenvalue weighted by Crippen LogP contribution is -2.12. The van der Waals surface area contributed by atoms with Crippen LogP contribution in [0.3, 0.4) is 0 Å². The summed E-state index contributed by atoms with van der Waals surface area (Å²) in [6.45, 7) is 0. The number of nitrogens with one attached hydrogen (secondary N) is 2. The second kappa shape index (κ2) is 5.43. The van der Waals surface area contributed by atoms with Crippen molar-refractivity contribution in [1.29, 1.82) is 0 Å². The highest BCUT2D eigenvalue weighted by Crippen LogP contribution is 2.20. The second-order valence-electron chi connectivity index (χ2n) is 4.46. The summed E-state index contributed by atoms with van der Waals surface area (Å²) in [5, 5.41) is 3.95. The Morgan fingerprint density at radius 2 is 1.95 bits per heavy atom. The number of H-pyrrole nitrogens is 1. The maximum Gasteiger partial charge on any atom is 0.272 e. The Kier molecular flexibility index (Phi) is 3.48. The summed E-state index contributed by atoms with van der Waals surface area (Å²) in [6, 6.07) is 17.5. The Bertz CT molecular complexity index is 731. The monoisotopic (exact) mass is 282 g/mol. The standard InChI is InChI=1S/C16H14N2OS/c1-20-13-7-4-6-12(10-13)17-16(19)15-9-11-5-2-3-8-14(11)18-15/h2-10,18H,1H3,(H,17,19). The van der Waals surface area contributed by atoms with Crippen molar-refractivity contribution < 1.29 is 4.79 Å². The minimum absolute atomic E-state index is 0.126. The van der Waals surface area contributed by atoms with Crippen molar-refractivity contribution >= 4 is 34.3 Å². The number of aromatic nitrogens is 1. The molecule has 0 saturated heterocycles. The number of hydrogen-bond donors (Lipinski definition) is 2. The summed E-state index contributed by atoms with van der Waals surface area (Å²) in [5.41, 5.74) is 2.34. The van der Waals surface area contributed by atoms with Crippen molar-refractivity contribution in [2.75, 3.05) is 11.6 Å². The number of carbonyl (C=O) groups excluding carboxylic acids is 1. The number of benzene rings is 2. The second-order valence-corrected chi connectivity index (χ2v) is 5.34. The van der Waals surface area contributed by atoms with E-state index in [9.17, 15) is 4.79 Å². The van der Waals surface area contributed by atoms with E-state index in [1.165, 1.54) is 0 Å². The first-order valence-electron chi connectivity index (χ1n) is 6.29. The van der Waals surface area contributed by atoms with Crippen LogP contribution >= 0.6 is 11.8 Å². The van der Waals surface area contributed by atoms with Crippen LogP contribution in [0.4, 0.5) is 5.69 Å². The highest BCUT2D eigenvalue weighted by molar-refractivity contribution is 7.98. The Hall–Kier alpha value is -2.20. The van der Waals surface area contributed by atoms with Crippen LogP contribution < -0.4 is 5.32 Å². The molecule has 3 nitrogen and oxygen atoms in total. The molecule has 4 heteroatoms. The Balaban J connectivity index is 1.85. The normalized spacial score (nSPS) is 10.7. The van der Waals surface area contributed by atoms with Gasteiger partial charge in [0.25, 0.3) is 5.91 Å². The zero-order valence-electron chi connectivity index (χ0n) is 11.0. The number of thioether (sulfide) groups is 1. The van der Waals surface area contributed by atoms with Gasteiger partial charge in [-0.2, -0.15) is 0 Å². The summed E-state index contributed by atoms with van der Waals surface area (Å²) in [4.78, 5) is 16.5. The number of anilines is 1. The third-order valence-corrected chi connectivity index (χ3v) is 3.83. The van der Waals surface area contributed by atoms with E-state index in [2.05, 4.69) is 10.3 Å². The largest absolute Gasteiger partial charge is 0.351 e. The molecule has 100 valence electrons. The fraction of sp³-hybridized carbons (Fsp3) is 0.0625. The Morgan fingerprint density at radius 3 is 2.75 bits per heavy atom. The molecule has 20 heavy (non-hydrogen) atoms. The topological polar surface area (TPSA) is 44.9 Å². The summed E-state index contributed by atoms with van der Waals surface area (Å²) in [6.07, 6.45) is 2.01. The summed E-state index contributed by atoms with van der Waals surface area (Å²) in [7, 11) is 0. The quantitative estimate of drug-likeness (QED) is 0.709. The fourth-order valence-electron chi connectivity index (χ4n) is 2.09. The van der Waals surface area contributed by atoms with Crippen molar-refractivity contribution in [3.8, 4) is 0 Å². The van der Waals surface area contributed by atoms with Crippen molar-refractivity contribution in [2.45, 2.75) is 4.90 Å². The van der Waals surface area contributed by atoms with Crippen molar-refractivity contribution in [2.24, 2.45) is 0 Å². The molecule has 0 aliphatic rings. The van der Waals surface area contributed by atoms with Crippen molar-refractivity contribution in [1.82, 2.24) is 4.98 Å². The molecule has 1 heterocycles. The smallest absolute Gasteiger partial charge is 0.272 e. The van der Waals surface area contributed by atoms with Gasteiger partial charge in [-0.05, 0) is 36.6 Å². The Morgan fingerprint density at radius 1 is 1.10 bits per heavy atom. The highest BCUT2D eigenvalue weighted by Gasteiger charge is 2.09. The minimum atomic E-state index is -0.126. The van der Waals surface area contributed by atoms with Gasteiger partial charge in [0.1, 0.15) is 5.69 Å². The zero-order valence-corrected chi connectivity index (χ0v) is 11.8. The van der Waals surface area contributed by atoms with Crippen LogP contribution in [0.25, 0.3) is 10.9 Å². The van der Waals surface area contributed by atoms with Crippen LogP contribution in [-0.2, 0) is 0 Å². The van der Waals surface area contributed by atoms with E-state index in [0.29, 0.717) is 5.69 Å². The molecule has 0 atom stereocenters. The molecule has 1 aromatic heterocycles. The molecule has 0 bridgehead atoms. The molecule has 2 aromatic carbocycles. The molecule has 2 N–H and O–H groups in total. The number of hydrogen-bond acceptors (Lipinski definition) is 2. The molecule has 3 aromatic rings. The van der Waals surface area contributed by atoms with Crippen LogP contribution in [0.5, 0.6) is 0 Å². The molecular weight excluding hydrogens is 268 g/mol. The number of rotatable bonds is 3. The lowest BCUT2D eigenvalue weighted by molar-refractivity contribution is 0.102. The molecule has 0 fully saturated rings. The molecule has 0 aliphatic carbocycles. The number of fused-ring (bicyclic) bond motifs is 1. The maximum atomic E-state index is 12.2. The first kappa shape index (κ1) is 12.8. The van der Waals surface area contributed by atoms with E-state index in [1.807, 2.05) is 60.9 Å². The van der Waals surface area contributed by atoms with Gasteiger partial charge in [-0.25, -0.2) is 0 Å². The predicted molar refractivity (Wildman–Crippen MR) is 84.5 cm³/mol. The maximum absolute atomic E-state index is 12.2. The van der Waals surface area contributed by atoms with Crippen LogP contribution in [0.1, 0.15) is 10.5 Å². The average Bonchev–Trinajstić information content (AvgIpc) is 2.91. The van der Waals surface area contributed by atoms with Gasteiger partial charge in [0, 0.05) is 21.5 Å². The number of carbonyl (C=O) groups is 1. The van der Waals surface area contributed by atoms with Crippen LogP contribution in [0.2, 0.25) is 0 Å². The third-order valence-electron chi connectivity index (χ3n) is 3.10. The molecule has 0 spiro atoms. The van der Waals surface area contributed by atoms with E-state index in [-0.39, 0.29) is 5.91 Å². The van der Waals surface area contributed by atoms with Crippen molar-refractivity contribution in [3.05, 3.63) is 60.3 Å². The number of amides is 1. The zero-order chi connectivity index (χ0) is 13.9. The van der Waals surface area contributed by atoms with E-state index in [1.54, 1.807) is 11.8 Å². The third kappa shape index (κ3) is 2.56.